The van der Waals surface area contributed by atoms with Gasteiger partial charge in [-0.2, -0.15) is 0 Å². The Morgan fingerprint density at radius 2 is 2.41 bits per heavy atom. The van der Waals surface area contributed by atoms with Gasteiger partial charge in [0.05, 0.1) is 5.69 Å². The van der Waals surface area contributed by atoms with Gasteiger partial charge >= 0.3 is 6.03 Å². The first kappa shape index (κ1) is 13.7. The van der Waals surface area contributed by atoms with E-state index in [1.165, 1.54) is 0 Å². The van der Waals surface area contributed by atoms with Crippen LogP contribution in [0.4, 0.5) is 10.5 Å². The van der Waals surface area contributed by atoms with Gasteiger partial charge in [-0.25, -0.2) is 9.78 Å². The predicted molar refractivity (Wildman–Crippen MR) is 67.2 cm³/mol. The molecule has 0 spiro atoms. The minimum atomic E-state index is -0.347. The van der Waals surface area contributed by atoms with Crippen LogP contribution < -0.4 is 10.6 Å². The van der Waals surface area contributed by atoms with E-state index >= 15 is 0 Å². The molecule has 0 fully saturated rings. The minimum Gasteiger partial charge on any atom is -0.396 e. The van der Waals surface area contributed by atoms with Gasteiger partial charge in [0, 0.05) is 18.8 Å². The van der Waals surface area contributed by atoms with Crippen molar-refractivity contribution >= 4 is 23.3 Å². The Bertz CT molecular complexity index is 373. The second-order valence-corrected chi connectivity index (χ2v) is 3.92. The van der Waals surface area contributed by atoms with Crippen LogP contribution in [0.1, 0.15) is 19.8 Å². The molecule has 5 nitrogen and oxygen atoms in total. The van der Waals surface area contributed by atoms with Gasteiger partial charge in [-0.05, 0) is 25.0 Å². The first-order chi connectivity index (χ1) is 8.17. The zero-order valence-electron chi connectivity index (χ0n) is 9.61. The lowest BCUT2D eigenvalue weighted by Gasteiger charge is -2.16. The maximum Gasteiger partial charge on any atom is 0.319 e. The lowest BCUT2D eigenvalue weighted by molar-refractivity contribution is 0.237. The number of aliphatic hydroxyl groups is 1. The molecule has 0 aliphatic rings. The molecule has 2 amide bonds. The summed E-state index contributed by atoms with van der Waals surface area (Å²) in [6, 6.07) is 2.96. The van der Waals surface area contributed by atoms with E-state index in [1.54, 1.807) is 18.3 Å². The van der Waals surface area contributed by atoms with Gasteiger partial charge in [0.1, 0.15) is 0 Å². The number of aromatic nitrogens is 1. The van der Waals surface area contributed by atoms with Crippen molar-refractivity contribution in [2.24, 2.45) is 0 Å². The minimum absolute atomic E-state index is 0.0459. The smallest absolute Gasteiger partial charge is 0.319 e. The third-order valence-corrected chi connectivity index (χ3v) is 2.61. The van der Waals surface area contributed by atoms with Gasteiger partial charge in [-0.3, -0.25) is 0 Å². The molecule has 0 saturated heterocycles. The molecule has 1 aromatic heterocycles. The zero-order valence-corrected chi connectivity index (χ0v) is 10.4. The Balaban J connectivity index is 2.52. The van der Waals surface area contributed by atoms with Crippen molar-refractivity contribution in [3.05, 3.63) is 23.5 Å². The van der Waals surface area contributed by atoms with Crippen molar-refractivity contribution in [1.82, 2.24) is 10.3 Å². The number of aliphatic hydroxyl groups excluding tert-OH is 1. The standard InChI is InChI=1S/C11H16ClN3O2/c1-2-8(5-7-16)14-11(17)15-9-4-3-6-13-10(9)12/h3-4,6,8,16H,2,5,7H2,1H3,(H2,14,15,17). The maximum atomic E-state index is 11.6. The van der Waals surface area contributed by atoms with Crippen LogP contribution in [0.2, 0.25) is 5.15 Å². The predicted octanol–water partition coefficient (Wildman–Crippen LogP) is 2.02. The van der Waals surface area contributed by atoms with E-state index in [0.29, 0.717) is 12.1 Å². The van der Waals surface area contributed by atoms with Crippen LogP contribution in [0.15, 0.2) is 18.3 Å². The van der Waals surface area contributed by atoms with Gasteiger partial charge < -0.3 is 15.7 Å². The van der Waals surface area contributed by atoms with Crippen LogP contribution in [0.25, 0.3) is 0 Å². The average molecular weight is 258 g/mol. The fraction of sp³-hybridized carbons (Fsp3) is 0.455. The van der Waals surface area contributed by atoms with Gasteiger partial charge in [-0.1, -0.05) is 18.5 Å². The number of rotatable bonds is 5. The van der Waals surface area contributed by atoms with E-state index in [1.807, 2.05) is 6.92 Å². The average Bonchev–Trinajstić information content (AvgIpc) is 2.31. The number of hydrogen-bond acceptors (Lipinski definition) is 3. The van der Waals surface area contributed by atoms with E-state index in [4.69, 9.17) is 16.7 Å². The molecule has 1 heterocycles. The topological polar surface area (TPSA) is 74.2 Å². The molecule has 3 N–H and O–H groups in total. The molecular formula is C11H16ClN3O2. The molecule has 1 unspecified atom stereocenters. The summed E-state index contributed by atoms with van der Waals surface area (Å²) < 4.78 is 0. The van der Waals surface area contributed by atoms with Gasteiger partial charge in [-0.15, -0.1) is 0 Å². The quantitative estimate of drug-likeness (QED) is 0.707. The highest BCUT2D eigenvalue weighted by atomic mass is 35.5. The van der Waals surface area contributed by atoms with Crippen molar-refractivity contribution in [3.8, 4) is 0 Å². The number of amides is 2. The number of carbonyl (C=O) groups excluding carboxylic acids is 1. The molecule has 0 aliphatic heterocycles. The highest BCUT2D eigenvalue weighted by molar-refractivity contribution is 6.32. The number of nitrogens with one attached hydrogen (secondary N) is 2. The maximum absolute atomic E-state index is 11.6. The number of urea groups is 1. The van der Waals surface area contributed by atoms with Crippen molar-refractivity contribution in [3.63, 3.8) is 0 Å². The summed E-state index contributed by atoms with van der Waals surface area (Å²) in [6.07, 6.45) is 2.84. The van der Waals surface area contributed by atoms with E-state index < -0.39 is 0 Å². The Hall–Kier alpha value is -1.33. The largest absolute Gasteiger partial charge is 0.396 e. The van der Waals surface area contributed by atoms with Gasteiger partial charge in [0.2, 0.25) is 0 Å². The third kappa shape index (κ3) is 4.58. The number of pyridine rings is 1. The molecule has 0 aliphatic carbocycles. The Labute approximate surface area is 105 Å². The van der Waals surface area contributed by atoms with Crippen LogP contribution in [0.5, 0.6) is 0 Å². The molecule has 0 radical (unpaired) electrons. The third-order valence-electron chi connectivity index (χ3n) is 2.31. The molecule has 0 aromatic carbocycles. The molecular weight excluding hydrogens is 242 g/mol. The number of nitrogens with zero attached hydrogens (tertiary/aromatic N) is 1. The summed E-state index contributed by atoms with van der Waals surface area (Å²) in [6.45, 7) is 1.99. The van der Waals surface area contributed by atoms with Crippen LogP contribution in [0, 0.1) is 0 Å². The van der Waals surface area contributed by atoms with E-state index in [-0.39, 0.29) is 23.8 Å². The summed E-state index contributed by atoms with van der Waals surface area (Å²) in [5.74, 6) is 0. The van der Waals surface area contributed by atoms with Crippen LogP contribution in [0.3, 0.4) is 0 Å². The van der Waals surface area contributed by atoms with Crippen molar-refractivity contribution < 1.29 is 9.90 Å². The molecule has 1 atom stereocenters. The summed E-state index contributed by atoms with van der Waals surface area (Å²) >= 11 is 5.81. The normalized spacial score (nSPS) is 11.9. The van der Waals surface area contributed by atoms with Crippen molar-refractivity contribution in [2.75, 3.05) is 11.9 Å². The highest BCUT2D eigenvalue weighted by Crippen LogP contribution is 2.17. The number of anilines is 1. The Morgan fingerprint density at radius 3 is 3.00 bits per heavy atom. The summed E-state index contributed by atoms with van der Waals surface area (Å²) in [4.78, 5) is 15.5. The molecule has 1 rings (SSSR count). The number of carbonyl (C=O) groups is 1. The van der Waals surface area contributed by atoms with Crippen LogP contribution in [-0.4, -0.2) is 28.8 Å². The first-order valence-corrected chi connectivity index (χ1v) is 5.84. The molecule has 94 valence electrons. The first-order valence-electron chi connectivity index (χ1n) is 5.46. The van der Waals surface area contributed by atoms with Crippen molar-refractivity contribution in [2.45, 2.75) is 25.8 Å². The summed E-state index contributed by atoms with van der Waals surface area (Å²) in [7, 11) is 0. The Morgan fingerprint density at radius 1 is 1.65 bits per heavy atom. The molecule has 6 heteroatoms. The number of hydrogen-bond donors (Lipinski definition) is 3. The lowest BCUT2D eigenvalue weighted by Crippen LogP contribution is -2.38. The highest BCUT2D eigenvalue weighted by Gasteiger charge is 2.11. The number of halogens is 1. The zero-order chi connectivity index (χ0) is 12.7. The molecule has 0 saturated carbocycles. The molecule has 17 heavy (non-hydrogen) atoms. The van der Waals surface area contributed by atoms with Gasteiger partial charge in [0.15, 0.2) is 5.15 Å². The SMILES string of the molecule is CCC(CCO)NC(=O)Nc1cccnc1Cl. The fourth-order valence-electron chi connectivity index (χ4n) is 1.36. The van der Waals surface area contributed by atoms with Gasteiger partial charge in [0.25, 0.3) is 0 Å². The monoisotopic (exact) mass is 257 g/mol. The van der Waals surface area contributed by atoms with E-state index in [2.05, 4.69) is 15.6 Å². The second-order valence-electron chi connectivity index (χ2n) is 3.56. The molecule has 1 aromatic rings. The lowest BCUT2D eigenvalue weighted by atomic mass is 10.2. The van der Waals surface area contributed by atoms with Crippen LogP contribution >= 0.6 is 11.6 Å². The van der Waals surface area contributed by atoms with E-state index in [0.717, 1.165) is 6.42 Å². The molecule has 0 bridgehead atoms. The summed E-state index contributed by atoms with van der Waals surface area (Å²) in [5.41, 5.74) is 0.463. The summed E-state index contributed by atoms with van der Waals surface area (Å²) in [5, 5.41) is 14.4. The van der Waals surface area contributed by atoms with Crippen molar-refractivity contribution in [1.29, 1.82) is 0 Å². The van der Waals surface area contributed by atoms with E-state index in [9.17, 15) is 4.79 Å². The fourth-order valence-corrected chi connectivity index (χ4v) is 1.52. The van der Waals surface area contributed by atoms with Crippen LogP contribution in [-0.2, 0) is 0 Å². The Kier molecular flexibility index (Phi) is 5.72. The second kappa shape index (κ2) is 7.09.